The maximum Gasteiger partial charge on any atom is 0.131 e. The highest BCUT2D eigenvalue weighted by molar-refractivity contribution is 9.10. The van der Waals surface area contributed by atoms with Crippen molar-refractivity contribution in [2.75, 3.05) is 7.11 Å². The Morgan fingerprint density at radius 3 is 2.37 bits per heavy atom. The number of nitrogens with two attached hydrogens (primary N) is 1. The molecule has 0 saturated carbocycles. The molecule has 0 amide bonds. The van der Waals surface area contributed by atoms with Gasteiger partial charge >= 0.3 is 0 Å². The van der Waals surface area contributed by atoms with E-state index in [1.807, 2.05) is 0 Å². The maximum atomic E-state index is 13.7. The first-order valence-electron chi connectivity index (χ1n) is 5.57. The van der Waals surface area contributed by atoms with E-state index in [9.17, 15) is 8.78 Å². The molecule has 1 unspecified atom stereocenters. The van der Waals surface area contributed by atoms with Crippen molar-refractivity contribution in [2.45, 2.75) is 6.04 Å². The fourth-order valence-corrected chi connectivity index (χ4v) is 2.41. The minimum Gasteiger partial charge on any atom is -0.497 e. The van der Waals surface area contributed by atoms with Crippen LogP contribution in [-0.4, -0.2) is 7.11 Å². The summed E-state index contributed by atoms with van der Waals surface area (Å²) in [6.45, 7) is 0. The predicted molar refractivity (Wildman–Crippen MR) is 73.1 cm³/mol. The third-order valence-electron chi connectivity index (χ3n) is 2.84. The van der Waals surface area contributed by atoms with Gasteiger partial charge in [0.25, 0.3) is 0 Å². The van der Waals surface area contributed by atoms with Crippen LogP contribution < -0.4 is 10.5 Å². The van der Waals surface area contributed by atoms with Gasteiger partial charge in [-0.15, -0.1) is 0 Å². The highest BCUT2D eigenvalue weighted by atomic mass is 79.9. The second-order valence-corrected chi connectivity index (χ2v) is 4.89. The Kier molecular flexibility index (Phi) is 4.17. The van der Waals surface area contributed by atoms with Gasteiger partial charge in [-0.3, -0.25) is 0 Å². The highest BCUT2D eigenvalue weighted by Gasteiger charge is 2.17. The minimum atomic E-state index is -0.680. The highest BCUT2D eigenvalue weighted by Crippen LogP contribution is 2.31. The van der Waals surface area contributed by atoms with Gasteiger partial charge in [0.05, 0.1) is 13.2 Å². The first kappa shape index (κ1) is 14.0. The van der Waals surface area contributed by atoms with E-state index in [0.29, 0.717) is 15.8 Å². The van der Waals surface area contributed by atoms with Gasteiger partial charge in [-0.1, -0.05) is 28.1 Å². The summed E-state index contributed by atoms with van der Waals surface area (Å²) in [6, 6.07) is 7.92. The fraction of sp³-hybridized carbons (Fsp3) is 0.143. The van der Waals surface area contributed by atoms with Crippen LogP contribution in [-0.2, 0) is 0 Å². The number of halogens is 3. The molecule has 0 aromatic heterocycles. The standard InChI is InChI=1S/C14H12BrF2NO/c1-19-9-3-5-10(12(15)7-9)14(18)11-4-2-8(16)6-13(11)17/h2-7,14H,18H2,1H3. The Morgan fingerprint density at radius 2 is 1.79 bits per heavy atom. The summed E-state index contributed by atoms with van der Waals surface area (Å²) in [5.41, 5.74) is 6.97. The molecule has 2 aromatic carbocycles. The lowest BCUT2D eigenvalue weighted by molar-refractivity contribution is 0.414. The fourth-order valence-electron chi connectivity index (χ4n) is 1.81. The van der Waals surface area contributed by atoms with Gasteiger partial charge in [0.15, 0.2) is 0 Å². The quantitative estimate of drug-likeness (QED) is 0.931. The lowest BCUT2D eigenvalue weighted by Crippen LogP contribution is -2.14. The molecule has 19 heavy (non-hydrogen) atoms. The molecule has 0 spiro atoms. The Bertz CT molecular complexity index is 604. The monoisotopic (exact) mass is 327 g/mol. The summed E-state index contributed by atoms with van der Waals surface area (Å²) < 4.78 is 32.4. The van der Waals surface area contributed by atoms with Crippen molar-refractivity contribution in [1.29, 1.82) is 0 Å². The Balaban J connectivity index is 2.41. The molecule has 0 bridgehead atoms. The number of benzene rings is 2. The van der Waals surface area contributed by atoms with Gasteiger partial charge in [-0.25, -0.2) is 8.78 Å². The van der Waals surface area contributed by atoms with Crippen molar-refractivity contribution < 1.29 is 13.5 Å². The van der Waals surface area contributed by atoms with E-state index in [0.717, 1.165) is 6.07 Å². The number of hydrogen-bond acceptors (Lipinski definition) is 2. The van der Waals surface area contributed by atoms with Gasteiger partial charge in [0.1, 0.15) is 17.4 Å². The van der Waals surface area contributed by atoms with E-state index in [2.05, 4.69) is 15.9 Å². The molecule has 2 nitrogen and oxygen atoms in total. The van der Waals surface area contributed by atoms with Crippen LogP contribution in [0, 0.1) is 11.6 Å². The zero-order chi connectivity index (χ0) is 14.0. The first-order valence-corrected chi connectivity index (χ1v) is 6.36. The molecule has 0 saturated heterocycles. The molecule has 2 N–H and O–H groups in total. The number of hydrogen-bond donors (Lipinski definition) is 1. The molecule has 0 aliphatic carbocycles. The van der Waals surface area contributed by atoms with Crippen molar-refractivity contribution in [3.63, 3.8) is 0 Å². The van der Waals surface area contributed by atoms with Crippen molar-refractivity contribution in [3.05, 3.63) is 63.6 Å². The molecule has 2 rings (SSSR count). The van der Waals surface area contributed by atoms with E-state index in [4.69, 9.17) is 10.5 Å². The van der Waals surface area contributed by atoms with Crippen LogP contribution in [0.1, 0.15) is 17.2 Å². The van der Waals surface area contributed by atoms with Gasteiger partial charge in [0.2, 0.25) is 0 Å². The Morgan fingerprint density at radius 1 is 1.11 bits per heavy atom. The summed E-state index contributed by atoms with van der Waals surface area (Å²) in [6.07, 6.45) is 0. The molecule has 100 valence electrons. The molecule has 0 fully saturated rings. The van der Waals surface area contributed by atoms with Crippen LogP contribution in [0.5, 0.6) is 5.75 Å². The van der Waals surface area contributed by atoms with Crippen LogP contribution in [0.25, 0.3) is 0 Å². The van der Waals surface area contributed by atoms with Gasteiger partial charge in [-0.2, -0.15) is 0 Å². The number of rotatable bonds is 3. The zero-order valence-electron chi connectivity index (χ0n) is 10.2. The van der Waals surface area contributed by atoms with Crippen molar-refractivity contribution in [1.82, 2.24) is 0 Å². The smallest absolute Gasteiger partial charge is 0.131 e. The van der Waals surface area contributed by atoms with E-state index in [-0.39, 0.29) is 5.56 Å². The lowest BCUT2D eigenvalue weighted by Gasteiger charge is -2.16. The van der Waals surface area contributed by atoms with Crippen molar-refractivity contribution in [2.24, 2.45) is 5.73 Å². The normalized spacial score (nSPS) is 12.3. The molecular weight excluding hydrogens is 316 g/mol. The zero-order valence-corrected chi connectivity index (χ0v) is 11.7. The number of methoxy groups -OCH3 is 1. The van der Waals surface area contributed by atoms with Gasteiger partial charge < -0.3 is 10.5 Å². The molecule has 1 atom stereocenters. The molecular formula is C14H12BrF2NO. The predicted octanol–water partition coefficient (Wildman–Crippen LogP) is 3.78. The maximum absolute atomic E-state index is 13.7. The third-order valence-corrected chi connectivity index (χ3v) is 3.53. The van der Waals surface area contributed by atoms with E-state index in [1.54, 1.807) is 25.3 Å². The lowest BCUT2D eigenvalue weighted by atomic mass is 9.99. The largest absolute Gasteiger partial charge is 0.497 e. The summed E-state index contributed by atoms with van der Waals surface area (Å²) in [5, 5.41) is 0. The van der Waals surface area contributed by atoms with E-state index >= 15 is 0 Å². The van der Waals surface area contributed by atoms with Crippen molar-refractivity contribution in [3.8, 4) is 5.75 Å². The van der Waals surface area contributed by atoms with Crippen molar-refractivity contribution >= 4 is 15.9 Å². The third kappa shape index (κ3) is 2.93. The molecule has 0 heterocycles. The topological polar surface area (TPSA) is 35.2 Å². The summed E-state index contributed by atoms with van der Waals surface area (Å²) in [4.78, 5) is 0. The summed E-state index contributed by atoms with van der Waals surface area (Å²) in [7, 11) is 1.56. The van der Waals surface area contributed by atoms with E-state index in [1.165, 1.54) is 12.1 Å². The minimum absolute atomic E-state index is 0.243. The average Bonchev–Trinajstić information content (AvgIpc) is 2.37. The first-order chi connectivity index (χ1) is 9.02. The molecule has 0 radical (unpaired) electrons. The van der Waals surface area contributed by atoms with E-state index < -0.39 is 17.7 Å². The molecule has 2 aromatic rings. The SMILES string of the molecule is COc1ccc(C(N)c2ccc(F)cc2F)c(Br)c1. The Hall–Kier alpha value is -1.46. The average molecular weight is 328 g/mol. The number of ether oxygens (including phenoxy) is 1. The van der Waals surface area contributed by atoms with Crippen LogP contribution >= 0.6 is 15.9 Å². The summed E-state index contributed by atoms with van der Waals surface area (Å²) in [5.74, 6) is -0.611. The van der Waals surface area contributed by atoms with Gasteiger partial charge in [0, 0.05) is 16.1 Å². The Labute approximate surface area is 118 Å². The second kappa shape index (κ2) is 5.67. The second-order valence-electron chi connectivity index (χ2n) is 4.03. The summed E-state index contributed by atoms with van der Waals surface area (Å²) >= 11 is 3.37. The molecule has 0 aliphatic heterocycles. The molecule has 5 heteroatoms. The van der Waals surface area contributed by atoms with Crippen LogP contribution in [0.4, 0.5) is 8.78 Å². The van der Waals surface area contributed by atoms with Gasteiger partial charge in [-0.05, 0) is 23.8 Å². The van der Waals surface area contributed by atoms with Crippen LogP contribution in [0.15, 0.2) is 40.9 Å². The van der Waals surface area contributed by atoms with Crippen LogP contribution in [0.3, 0.4) is 0 Å². The van der Waals surface area contributed by atoms with Crippen LogP contribution in [0.2, 0.25) is 0 Å². The molecule has 0 aliphatic rings.